The second kappa shape index (κ2) is 14.1. The number of aryl methyl sites for hydroxylation is 2. The monoisotopic (exact) mass is 560 g/mol. The Morgan fingerprint density at radius 3 is 2.10 bits per heavy atom. The van der Waals surface area contributed by atoms with Crippen LogP contribution in [-0.2, 0) is 24.0 Å². The Balaban J connectivity index is 1.08. The molecule has 2 aliphatic rings. The zero-order chi connectivity index (χ0) is 28.6. The van der Waals surface area contributed by atoms with Crippen LogP contribution in [0.2, 0.25) is 0 Å². The van der Waals surface area contributed by atoms with Crippen molar-refractivity contribution >= 4 is 10.9 Å². The Labute approximate surface area is 251 Å². The first-order valence-corrected chi connectivity index (χ1v) is 16.2. The second-order valence-electron chi connectivity index (χ2n) is 12.2. The third-order valence-corrected chi connectivity index (χ3v) is 9.27. The van der Waals surface area contributed by atoms with Gasteiger partial charge in [0.15, 0.2) is 0 Å². The SMILES string of the molecule is N#Cc1c(Cc2ccc(CCCCCCCc3ccccc3)cc2)n(C2CCC2)c2cc(OC3CCOCC3)ccc12. The molecule has 2 heterocycles. The molecule has 1 aliphatic carbocycles. The molecule has 0 spiro atoms. The van der Waals surface area contributed by atoms with Gasteiger partial charge in [-0.1, -0.05) is 73.9 Å². The van der Waals surface area contributed by atoms with E-state index in [0.29, 0.717) is 6.04 Å². The summed E-state index contributed by atoms with van der Waals surface area (Å²) in [5.41, 5.74) is 7.28. The number of aromatic nitrogens is 1. The summed E-state index contributed by atoms with van der Waals surface area (Å²) < 4.78 is 14.3. The predicted octanol–water partition coefficient (Wildman–Crippen LogP) is 9.12. The lowest BCUT2D eigenvalue weighted by atomic mass is 9.92. The van der Waals surface area contributed by atoms with E-state index >= 15 is 0 Å². The van der Waals surface area contributed by atoms with Crippen LogP contribution in [0.15, 0.2) is 72.8 Å². The smallest absolute Gasteiger partial charge is 0.121 e. The molecule has 2 fully saturated rings. The van der Waals surface area contributed by atoms with E-state index in [0.717, 1.165) is 66.8 Å². The highest BCUT2D eigenvalue weighted by molar-refractivity contribution is 5.89. The van der Waals surface area contributed by atoms with Crippen molar-refractivity contribution in [2.24, 2.45) is 0 Å². The van der Waals surface area contributed by atoms with Crippen molar-refractivity contribution < 1.29 is 9.47 Å². The van der Waals surface area contributed by atoms with Crippen LogP contribution in [0.5, 0.6) is 5.75 Å². The fourth-order valence-corrected chi connectivity index (χ4v) is 6.61. The molecule has 0 radical (unpaired) electrons. The molecule has 0 amide bonds. The van der Waals surface area contributed by atoms with E-state index in [1.165, 1.54) is 74.5 Å². The van der Waals surface area contributed by atoms with E-state index in [1.54, 1.807) is 0 Å². The quantitative estimate of drug-likeness (QED) is 0.153. The molecule has 42 heavy (non-hydrogen) atoms. The lowest BCUT2D eigenvalue weighted by molar-refractivity contribution is 0.0256. The molecule has 1 saturated heterocycles. The van der Waals surface area contributed by atoms with Gasteiger partial charge in [-0.3, -0.25) is 0 Å². The molecule has 0 atom stereocenters. The number of ether oxygens (including phenoxy) is 2. The van der Waals surface area contributed by atoms with Crippen LogP contribution in [0.3, 0.4) is 0 Å². The van der Waals surface area contributed by atoms with Crippen molar-refractivity contribution in [1.82, 2.24) is 4.57 Å². The molecule has 1 aliphatic heterocycles. The van der Waals surface area contributed by atoms with Crippen molar-refractivity contribution in [3.05, 3.63) is 101 Å². The number of nitrogens with zero attached hydrogens (tertiary/aromatic N) is 2. The maximum absolute atomic E-state index is 10.3. The average Bonchev–Trinajstić information content (AvgIpc) is 3.29. The number of fused-ring (bicyclic) bond motifs is 1. The van der Waals surface area contributed by atoms with E-state index in [-0.39, 0.29) is 6.10 Å². The summed E-state index contributed by atoms with van der Waals surface area (Å²) in [7, 11) is 0. The Hall–Kier alpha value is -3.55. The largest absolute Gasteiger partial charge is 0.490 e. The van der Waals surface area contributed by atoms with Crippen LogP contribution >= 0.6 is 0 Å². The third-order valence-electron chi connectivity index (χ3n) is 9.27. The van der Waals surface area contributed by atoms with Crippen LogP contribution in [0.4, 0.5) is 0 Å². The lowest BCUT2D eigenvalue weighted by Crippen LogP contribution is -2.25. The summed E-state index contributed by atoms with van der Waals surface area (Å²) in [5.74, 6) is 0.907. The lowest BCUT2D eigenvalue weighted by Gasteiger charge is -2.30. The second-order valence-corrected chi connectivity index (χ2v) is 12.2. The minimum atomic E-state index is 0.205. The van der Waals surface area contributed by atoms with Crippen LogP contribution in [0.25, 0.3) is 10.9 Å². The molecule has 1 saturated carbocycles. The van der Waals surface area contributed by atoms with Gasteiger partial charge < -0.3 is 14.0 Å². The van der Waals surface area contributed by atoms with Gasteiger partial charge in [-0.25, -0.2) is 0 Å². The van der Waals surface area contributed by atoms with Gasteiger partial charge in [0.25, 0.3) is 0 Å². The molecule has 0 unspecified atom stereocenters. The van der Waals surface area contributed by atoms with Gasteiger partial charge in [0.05, 0.1) is 24.3 Å². The van der Waals surface area contributed by atoms with Crippen molar-refractivity contribution in [3.8, 4) is 11.8 Å². The van der Waals surface area contributed by atoms with Crippen LogP contribution < -0.4 is 4.74 Å². The Bertz CT molecular complexity index is 1470. The number of hydrogen-bond donors (Lipinski definition) is 0. The number of unbranched alkanes of at least 4 members (excludes halogenated alkanes) is 4. The van der Waals surface area contributed by atoms with E-state index < -0.39 is 0 Å². The highest BCUT2D eigenvalue weighted by atomic mass is 16.5. The molecule has 1 aromatic heterocycles. The number of benzene rings is 3. The molecule has 218 valence electrons. The Kier molecular flexibility index (Phi) is 9.57. The summed E-state index contributed by atoms with van der Waals surface area (Å²) in [5, 5.41) is 11.3. The molecular formula is C38H44N2O2. The molecule has 6 rings (SSSR count). The van der Waals surface area contributed by atoms with Gasteiger partial charge >= 0.3 is 0 Å². The molecular weight excluding hydrogens is 516 g/mol. The van der Waals surface area contributed by atoms with Crippen molar-refractivity contribution in [1.29, 1.82) is 5.26 Å². The van der Waals surface area contributed by atoms with Crippen molar-refractivity contribution in [3.63, 3.8) is 0 Å². The van der Waals surface area contributed by atoms with Crippen LogP contribution in [-0.4, -0.2) is 23.9 Å². The predicted molar refractivity (Wildman–Crippen MR) is 170 cm³/mol. The number of nitriles is 1. The number of rotatable bonds is 13. The van der Waals surface area contributed by atoms with Crippen LogP contribution in [0.1, 0.15) is 98.2 Å². The maximum Gasteiger partial charge on any atom is 0.121 e. The average molecular weight is 561 g/mol. The van der Waals surface area contributed by atoms with E-state index in [1.807, 2.05) is 6.07 Å². The van der Waals surface area contributed by atoms with Crippen molar-refractivity contribution in [2.45, 2.75) is 95.6 Å². The van der Waals surface area contributed by atoms with Crippen LogP contribution in [0, 0.1) is 11.3 Å². The van der Waals surface area contributed by atoms with Gasteiger partial charge in [0.2, 0.25) is 0 Å². The first-order chi connectivity index (χ1) is 20.8. The van der Waals surface area contributed by atoms with Gasteiger partial charge in [0.1, 0.15) is 17.9 Å². The van der Waals surface area contributed by atoms with Gasteiger partial charge in [0, 0.05) is 42.5 Å². The molecule has 4 heteroatoms. The zero-order valence-corrected chi connectivity index (χ0v) is 24.9. The minimum Gasteiger partial charge on any atom is -0.490 e. The fraction of sp³-hybridized carbons (Fsp3) is 0.447. The minimum absolute atomic E-state index is 0.205. The maximum atomic E-state index is 10.3. The standard InChI is InChI=1S/C38H44N2O2/c39-28-36-35-21-20-34(42-33-22-24-41-25-23-33)27-38(35)40(32-14-9-15-32)37(36)26-31-18-16-30(17-19-31)13-6-3-1-2-5-10-29-11-7-4-8-12-29/h4,7-8,11-12,16-21,27,32-33H,1-3,5-6,9-10,13-15,22-26H2. The first-order valence-electron chi connectivity index (χ1n) is 16.2. The molecule has 4 nitrogen and oxygen atoms in total. The highest BCUT2D eigenvalue weighted by Crippen LogP contribution is 2.40. The Morgan fingerprint density at radius 2 is 1.43 bits per heavy atom. The van der Waals surface area contributed by atoms with E-state index in [9.17, 15) is 5.26 Å². The van der Waals surface area contributed by atoms with Crippen molar-refractivity contribution in [2.75, 3.05) is 13.2 Å². The topological polar surface area (TPSA) is 47.2 Å². The van der Waals surface area contributed by atoms with Gasteiger partial charge in [-0.2, -0.15) is 5.26 Å². The normalized spacial score (nSPS) is 15.9. The highest BCUT2D eigenvalue weighted by Gasteiger charge is 2.27. The summed E-state index contributed by atoms with van der Waals surface area (Å²) in [6, 6.07) is 29.4. The fourth-order valence-electron chi connectivity index (χ4n) is 6.61. The van der Waals surface area contributed by atoms with Gasteiger partial charge in [-0.15, -0.1) is 0 Å². The van der Waals surface area contributed by atoms with E-state index in [2.05, 4.69) is 77.4 Å². The Morgan fingerprint density at radius 1 is 0.762 bits per heavy atom. The number of hydrogen-bond acceptors (Lipinski definition) is 3. The molecule has 3 aromatic carbocycles. The summed E-state index contributed by atoms with van der Waals surface area (Å²) >= 11 is 0. The summed E-state index contributed by atoms with van der Waals surface area (Å²) in [4.78, 5) is 0. The first kappa shape index (κ1) is 28.6. The van der Waals surface area contributed by atoms with E-state index in [4.69, 9.17) is 9.47 Å². The molecule has 0 bridgehead atoms. The third kappa shape index (κ3) is 6.90. The summed E-state index contributed by atoms with van der Waals surface area (Å²) in [6.45, 7) is 1.53. The molecule has 4 aromatic rings. The summed E-state index contributed by atoms with van der Waals surface area (Å²) in [6.07, 6.45) is 15.3. The zero-order valence-electron chi connectivity index (χ0n) is 24.9. The molecule has 0 N–H and O–H groups in total. The van der Waals surface area contributed by atoms with Gasteiger partial charge in [-0.05, 0) is 73.8 Å².